The zero-order chi connectivity index (χ0) is 21.8. The molecule has 0 N–H and O–H groups in total. The number of aromatic nitrogens is 3. The monoisotopic (exact) mass is 417 g/mol. The van der Waals surface area contributed by atoms with E-state index in [1.54, 1.807) is 34.1 Å². The smallest absolute Gasteiger partial charge is 0.264 e. The summed E-state index contributed by atoms with van der Waals surface area (Å²) in [4.78, 5) is 39.3. The average molecular weight is 418 g/mol. The van der Waals surface area contributed by atoms with Crippen LogP contribution >= 0.6 is 0 Å². The molecule has 1 aromatic carbocycles. The van der Waals surface area contributed by atoms with Gasteiger partial charge in [0, 0.05) is 44.8 Å². The highest BCUT2D eigenvalue weighted by molar-refractivity contribution is 5.95. The summed E-state index contributed by atoms with van der Waals surface area (Å²) in [5.74, 6) is 0.472. The maximum absolute atomic E-state index is 13.4. The quantitative estimate of drug-likeness (QED) is 0.653. The van der Waals surface area contributed by atoms with Gasteiger partial charge < -0.3 is 14.4 Å². The minimum absolute atomic E-state index is 0.157. The summed E-state index contributed by atoms with van der Waals surface area (Å²) in [7, 11) is 0. The number of carbonyl (C=O) groups excluding carboxylic acids is 1. The molecule has 2 aromatic heterocycles. The summed E-state index contributed by atoms with van der Waals surface area (Å²) in [5, 5.41) is 0. The van der Waals surface area contributed by atoms with Crippen molar-refractivity contribution in [1.29, 1.82) is 0 Å². The molecule has 0 saturated carbocycles. The van der Waals surface area contributed by atoms with E-state index in [9.17, 15) is 9.59 Å². The van der Waals surface area contributed by atoms with Crippen LogP contribution in [0.15, 0.2) is 65.8 Å². The second-order valence-corrected chi connectivity index (χ2v) is 7.85. The summed E-state index contributed by atoms with van der Waals surface area (Å²) >= 11 is 0. The van der Waals surface area contributed by atoms with E-state index in [-0.39, 0.29) is 23.1 Å². The number of carbonyl (C=O) groups is 1. The van der Waals surface area contributed by atoms with Crippen molar-refractivity contribution in [3.63, 3.8) is 0 Å². The minimum atomic E-state index is -0.242. The lowest BCUT2D eigenvalue weighted by Gasteiger charge is -2.23. The van der Waals surface area contributed by atoms with E-state index < -0.39 is 0 Å². The van der Waals surface area contributed by atoms with Crippen molar-refractivity contribution in [3.8, 4) is 0 Å². The van der Waals surface area contributed by atoms with Crippen LogP contribution in [0.2, 0.25) is 0 Å². The Morgan fingerprint density at radius 3 is 2.45 bits per heavy atom. The van der Waals surface area contributed by atoms with E-state index in [1.807, 2.05) is 50.2 Å². The fourth-order valence-corrected chi connectivity index (χ4v) is 4.03. The van der Waals surface area contributed by atoms with Gasteiger partial charge in [0.05, 0.1) is 6.04 Å². The molecule has 1 saturated heterocycles. The predicted octanol–water partition coefficient (Wildman–Crippen LogP) is 2.91. The van der Waals surface area contributed by atoms with Crippen LogP contribution in [-0.2, 0) is 0 Å². The standard InChI is InChI=1S/C24H27N5O2/c1-18-10-15-29(19(2)20-8-4-3-5-9-20)23(31)21(18)22(30)27-13-7-14-28(17-16-27)24-25-11-6-12-26-24/h3-6,8-12,15,19H,7,13-14,16-17H2,1-2H3. The third kappa shape index (κ3) is 4.35. The third-order valence-electron chi connectivity index (χ3n) is 5.86. The topological polar surface area (TPSA) is 71.3 Å². The highest BCUT2D eigenvalue weighted by Gasteiger charge is 2.26. The van der Waals surface area contributed by atoms with E-state index in [2.05, 4.69) is 14.9 Å². The summed E-state index contributed by atoms with van der Waals surface area (Å²) in [5.41, 5.74) is 1.75. The zero-order valence-corrected chi connectivity index (χ0v) is 17.9. The molecule has 7 heteroatoms. The van der Waals surface area contributed by atoms with Crippen molar-refractivity contribution in [3.05, 3.63) is 88.1 Å². The highest BCUT2D eigenvalue weighted by atomic mass is 16.2. The number of hydrogen-bond donors (Lipinski definition) is 0. The maximum Gasteiger partial charge on any atom is 0.264 e. The van der Waals surface area contributed by atoms with E-state index in [4.69, 9.17) is 0 Å². The van der Waals surface area contributed by atoms with Crippen LogP contribution in [0.25, 0.3) is 0 Å². The summed E-state index contributed by atoms with van der Waals surface area (Å²) in [6.07, 6.45) is 6.02. The second kappa shape index (κ2) is 9.12. The molecule has 1 amide bonds. The Labute approximate surface area is 182 Å². The minimum Gasteiger partial charge on any atom is -0.339 e. The molecule has 7 nitrogen and oxygen atoms in total. The van der Waals surface area contributed by atoms with Gasteiger partial charge in [-0.25, -0.2) is 9.97 Å². The van der Waals surface area contributed by atoms with Crippen molar-refractivity contribution in [2.75, 3.05) is 31.1 Å². The van der Waals surface area contributed by atoms with Crippen LogP contribution in [0.1, 0.15) is 40.9 Å². The first kappa shape index (κ1) is 20.8. The molecule has 4 rings (SSSR count). The van der Waals surface area contributed by atoms with E-state index >= 15 is 0 Å². The van der Waals surface area contributed by atoms with Gasteiger partial charge in [-0.3, -0.25) is 9.59 Å². The van der Waals surface area contributed by atoms with Crippen LogP contribution in [-0.4, -0.2) is 51.5 Å². The Hall–Kier alpha value is -3.48. The molecule has 3 heterocycles. The van der Waals surface area contributed by atoms with Gasteiger partial charge in [0.2, 0.25) is 5.95 Å². The lowest BCUT2D eigenvalue weighted by Crippen LogP contribution is -2.40. The number of benzene rings is 1. The molecule has 160 valence electrons. The Morgan fingerprint density at radius 2 is 1.71 bits per heavy atom. The summed E-state index contributed by atoms with van der Waals surface area (Å²) < 4.78 is 1.65. The summed E-state index contributed by atoms with van der Waals surface area (Å²) in [6, 6.07) is 13.3. The maximum atomic E-state index is 13.4. The molecule has 0 radical (unpaired) electrons. The van der Waals surface area contributed by atoms with Crippen LogP contribution < -0.4 is 10.5 Å². The van der Waals surface area contributed by atoms with Crippen molar-refractivity contribution >= 4 is 11.9 Å². The first-order valence-corrected chi connectivity index (χ1v) is 10.6. The number of nitrogens with zero attached hydrogens (tertiary/aromatic N) is 5. The van der Waals surface area contributed by atoms with Gasteiger partial charge in [-0.15, -0.1) is 0 Å². The Kier molecular flexibility index (Phi) is 6.11. The van der Waals surface area contributed by atoms with Crippen molar-refractivity contribution in [2.45, 2.75) is 26.3 Å². The molecular weight excluding hydrogens is 390 g/mol. The second-order valence-electron chi connectivity index (χ2n) is 7.85. The average Bonchev–Trinajstić information content (AvgIpc) is 3.06. The lowest BCUT2D eigenvalue weighted by molar-refractivity contribution is 0.0763. The van der Waals surface area contributed by atoms with E-state index in [0.717, 1.165) is 18.5 Å². The van der Waals surface area contributed by atoms with E-state index in [0.29, 0.717) is 31.1 Å². The molecule has 1 atom stereocenters. The number of hydrogen-bond acceptors (Lipinski definition) is 5. The fraction of sp³-hybridized carbons (Fsp3) is 0.333. The zero-order valence-electron chi connectivity index (χ0n) is 17.9. The predicted molar refractivity (Wildman–Crippen MR) is 120 cm³/mol. The molecule has 0 aliphatic carbocycles. The van der Waals surface area contributed by atoms with Crippen molar-refractivity contribution in [2.24, 2.45) is 0 Å². The van der Waals surface area contributed by atoms with Gasteiger partial charge in [0.1, 0.15) is 5.56 Å². The van der Waals surface area contributed by atoms with Crippen LogP contribution in [0.3, 0.4) is 0 Å². The third-order valence-corrected chi connectivity index (χ3v) is 5.86. The molecule has 31 heavy (non-hydrogen) atoms. The molecule has 1 fully saturated rings. The summed E-state index contributed by atoms with van der Waals surface area (Å²) in [6.45, 7) is 6.34. The van der Waals surface area contributed by atoms with Gasteiger partial charge >= 0.3 is 0 Å². The number of anilines is 1. The molecule has 3 aromatic rings. The SMILES string of the molecule is Cc1ccn(C(C)c2ccccc2)c(=O)c1C(=O)N1CCCN(c2ncccn2)CC1. The first-order chi connectivity index (χ1) is 15.1. The molecule has 1 aliphatic rings. The number of rotatable bonds is 4. The Balaban J connectivity index is 1.58. The van der Waals surface area contributed by atoms with Gasteiger partial charge in [0.15, 0.2) is 0 Å². The van der Waals surface area contributed by atoms with Crippen molar-refractivity contribution in [1.82, 2.24) is 19.4 Å². The fourth-order valence-electron chi connectivity index (χ4n) is 4.03. The highest BCUT2D eigenvalue weighted by Crippen LogP contribution is 2.18. The lowest BCUT2D eigenvalue weighted by atomic mass is 10.1. The molecular formula is C24H27N5O2. The van der Waals surface area contributed by atoms with E-state index in [1.165, 1.54) is 0 Å². The Bertz CT molecular complexity index is 1100. The van der Waals surface area contributed by atoms with Crippen LogP contribution in [0.5, 0.6) is 0 Å². The van der Waals surface area contributed by atoms with Crippen LogP contribution in [0.4, 0.5) is 5.95 Å². The largest absolute Gasteiger partial charge is 0.339 e. The first-order valence-electron chi connectivity index (χ1n) is 10.6. The number of amides is 1. The number of aryl methyl sites for hydroxylation is 1. The molecule has 0 spiro atoms. The van der Waals surface area contributed by atoms with Gasteiger partial charge in [-0.2, -0.15) is 0 Å². The molecule has 1 unspecified atom stereocenters. The van der Waals surface area contributed by atoms with Crippen molar-refractivity contribution < 1.29 is 4.79 Å². The van der Waals surface area contributed by atoms with Crippen LogP contribution in [0, 0.1) is 6.92 Å². The van der Waals surface area contributed by atoms with Gasteiger partial charge in [-0.05, 0) is 43.5 Å². The number of pyridine rings is 1. The van der Waals surface area contributed by atoms with Gasteiger partial charge in [-0.1, -0.05) is 30.3 Å². The van der Waals surface area contributed by atoms with Gasteiger partial charge in [0.25, 0.3) is 11.5 Å². The molecule has 1 aliphatic heterocycles. The Morgan fingerprint density at radius 1 is 0.968 bits per heavy atom. The normalized spacial score (nSPS) is 15.4. The molecule has 0 bridgehead atoms.